The average Bonchev–Trinajstić information content (AvgIpc) is 2.59. The van der Waals surface area contributed by atoms with Crippen molar-refractivity contribution in [2.24, 2.45) is 0 Å². The second-order valence-electron chi connectivity index (χ2n) is 5.48. The van der Waals surface area contributed by atoms with Crippen LogP contribution in [-0.2, 0) is 16.0 Å². The highest BCUT2D eigenvalue weighted by molar-refractivity contribution is 5.88. The van der Waals surface area contributed by atoms with Crippen molar-refractivity contribution in [3.8, 4) is 0 Å². The van der Waals surface area contributed by atoms with Gasteiger partial charge in [-0.1, -0.05) is 30.3 Å². The molecule has 0 aliphatic rings. The van der Waals surface area contributed by atoms with Crippen molar-refractivity contribution in [2.75, 3.05) is 6.61 Å². The van der Waals surface area contributed by atoms with Crippen molar-refractivity contribution in [3.63, 3.8) is 0 Å². The maximum Gasteiger partial charge on any atom is 0.405 e. The highest BCUT2D eigenvalue weighted by atomic mass is 16.5. The molecule has 2 aromatic rings. The second kappa shape index (κ2) is 8.67. The molecule has 1 aromatic carbocycles. The predicted molar refractivity (Wildman–Crippen MR) is 88.1 cm³/mol. The maximum absolute atomic E-state index is 11.8. The number of carbonyl (C=O) groups excluding carboxylic acids is 2. The highest BCUT2D eigenvalue weighted by Gasteiger charge is 2.18. The van der Waals surface area contributed by atoms with Gasteiger partial charge in [-0.2, -0.15) is 4.73 Å². The zero-order valence-corrected chi connectivity index (χ0v) is 13.5. The first-order valence-corrected chi connectivity index (χ1v) is 7.75. The van der Waals surface area contributed by atoms with E-state index in [1.54, 1.807) is 6.07 Å². The summed E-state index contributed by atoms with van der Waals surface area (Å²) < 4.78 is 5.27. The van der Waals surface area contributed by atoms with Gasteiger partial charge in [0.15, 0.2) is 12.8 Å². The molecule has 2 rings (SSSR count). The zero-order chi connectivity index (χ0) is 17.4. The first-order valence-electron chi connectivity index (χ1n) is 7.75. The number of hydrogen-bond acceptors (Lipinski definition) is 4. The van der Waals surface area contributed by atoms with Crippen LogP contribution in [0.15, 0.2) is 54.7 Å². The number of nitrogens with one attached hydrogen (secondary N) is 1. The molecule has 6 nitrogen and oxygen atoms in total. The number of rotatable bonds is 7. The van der Waals surface area contributed by atoms with E-state index in [1.807, 2.05) is 37.3 Å². The van der Waals surface area contributed by atoms with Crippen LogP contribution in [0.1, 0.15) is 29.4 Å². The normalized spacial score (nSPS) is 11.5. The van der Waals surface area contributed by atoms with Crippen molar-refractivity contribution in [3.05, 3.63) is 71.2 Å². The summed E-state index contributed by atoms with van der Waals surface area (Å²) in [5, 5.41) is 14.2. The fourth-order valence-electron chi connectivity index (χ4n) is 2.21. The van der Waals surface area contributed by atoms with Gasteiger partial charge in [0.1, 0.15) is 0 Å². The van der Waals surface area contributed by atoms with Crippen LogP contribution in [0.5, 0.6) is 0 Å². The van der Waals surface area contributed by atoms with Crippen LogP contribution in [0.3, 0.4) is 0 Å². The minimum Gasteiger partial charge on any atom is -0.618 e. The van der Waals surface area contributed by atoms with Gasteiger partial charge in [0.2, 0.25) is 0 Å². The Kier molecular flexibility index (Phi) is 6.31. The fraction of sp³-hybridized carbons (Fsp3) is 0.278. The molecule has 0 radical (unpaired) electrons. The Labute approximate surface area is 140 Å². The molecule has 0 bridgehead atoms. The lowest BCUT2D eigenvalue weighted by Gasteiger charge is -2.14. The molecule has 0 spiro atoms. The van der Waals surface area contributed by atoms with E-state index in [-0.39, 0.29) is 11.7 Å². The van der Waals surface area contributed by atoms with Crippen molar-refractivity contribution in [2.45, 2.75) is 25.8 Å². The largest absolute Gasteiger partial charge is 0.618 e. The average molecular weight is 328 g/mol. The van der Waals surface area contributed by atoms with E-state index in [2.05, 4.69) is 5.32 Å². The van der Waals surface area contributed by atoms with Crippen LogP contribution in [0.4, 0.5) is 0 Å². The van der Waals surface area contributed by atoms with E-state index in [4.69, 9.17) is 4.74 Å². The lowest BCUT2D eigenvalue weighted by molar-refractivity contribution is -0.608. The number of esters is 1. The third kappa shape index (κ3) is 5.39. The van der Waals surface area contributed by atoms with E-state index in [0.29, 0.717) is 4.73 Å². The smallest absolute Gasteiger partial charge is 0.405 e. The zero-order valence-electron chi connectivity index (χ0n) is 13.5. The third-order valence-electron chi connectivity index (χ3n) is 3.48. The van der Waals surface area contributed by atoms with Gasteiger partial charge in [0.25, 0.3) is 5.91 Å². The summed E-state index contributed by atoms with van der Waals surface area (Å²) >= 11 is 0. The quantitative estimate of drug-likeness (QED) is 0.476. The number of nitrogens with zero attached hydrogens (tertiary/aromatic N) is 1. The summed E-state index contributed by atoms with van der Waals surface area (Å²) in [7, 11) is 0. The van der Waals surface area contributed by atoms with Gasteiger partial charge in [-0.25, -0.2) is 4.79 Å². The molecule has 1 atom stereocenters. The van der Waals surface area contributed by atoms with Crippen LogP contribution in [0, 0.1) is 5.21 Å². The lowest BCUT2D eigenvalue weighted by Crippen LogP contribution is -2.38. The van der Waals surface area contributed by atoms with Gasteiger partial charge >= 0.3 is 11.7 Å². The molecule has 126 valence electrons. The standard InChI is InChI=1S/C18H20N2O4/c1-14(10-11-15-7-3-2-4-8-15)19-17(21)13-24-18(22)16-9-5-6-12-20(16)23/h2-9,12,14H,10-11,13H2,1H3,(H,19,21)/t14-/m1/s1. The summed E-state index contributed by atoms with van der Waals surface area (Å²) in [5.74, 6) is -1.21. The number of hydrogen-bond donors (Lipinski definition) is 1. The van der Waals surface area contributed by atoms with Crippen molar-refractivity contribution in [1.29, 1.82) is 0 Å². The monoisotopic (exact) mass is 328 g/mol. The van der Waals surface area contributed by atoms with Gasteiger partial charge < -0.3 is 15.3 Å². The topological polar surface area (TPSA) is 82.3 Å². The molecule has 1 amide bonds. The van der Waals surface area contributed by atoms with E-state index in [0.717, 1.165) is 12.8 Å². The molecule has 0 saturated carbocycles. The van der Waals surface area contributed by atoms with Crippen LogP contribution in [0.25, 0.3) is 0 Å². The SMILES string of the molecule is C[C@H](CCc1ccccc1)NC(=O)COC(=O)c1cccc[n+]1[O-]. The van der Waals surface area contributed by atoms with Crippen molar-refractivity contribution in [1.82, 2.24) is 5.32 Å². The Morgan fingerprint density at radius 1 is 1.17 bits per heavy atom. The molecule has 0 unspecified atom stereocenters. The maximum atomic E-state index is 11.8. The van der Waals surface area contributed by atoms with Crippen LogP contribution in [0.2, 0.25) is 0 Å². The Morgan fingerprint density at radius 2 is 1.88 bits per heavy atom. The molecule has 6 heteroatoms. The Balaban J connectivity index is 1.72. The van der Waals surface area contributed by atoms with E-state index >= 15 is 0 Å². The first-order chi connectivity index (χ1) is 11.6. The Bertz CT molecular complexity index is 688. The van der Waals surface area contributed by atoms with E-state index < -0.39 is 18.5 Å². The van der Waals surface area contributed by atoms with Crippen LogP contribution in [-0.4, -0.2) is 24.5 Å². The predicted octanol–water partition coefficient (Wildman–Crippen LogP) is 1.61. The minimum atomic E-state index is -0.822. The number of ether oxygens (including phenoxy) is 1. The first kappa shape index (κ1) is 17.5. The van der Waals surface area contributed by atoms with Crippen LogP contribution >= 0.6 is 0 Å². The number of amides is 1. The molecule has 1 N–H and O–H groups in total. The van der Waals surface area contributed by atoms with Crippen LogP contribution < -0.4 is 10.0 Å². The van der Waals surface area contributed by atoms with Crippen molar-refractivity contribution < 1.29 is 19.1 Å². The third-order valence-corrected chi connectivity index (χ3v) is 3.48. The molecule has 0 aliphatic carbocycles. The molecule has 1 heterocycles. The summed E-state index contributed by atoms with van der Waals surface area (Å²) in [6.45, 7) is 1.48. The lowest BCUT2D eigenvalue weighted by atomic mass is 10.1. The number of benzene rings is 1. The van der Waals surface area contributed by atoms with Gasteiger partial charge in [0.05, 0.1) is 0 Å². The second-order valence-corrected chi connectivity index (χ2v) is 5.48. The number of carbonyl (C=O) groups is 2. The number of aryl methyl sites for hydroxylation is 1. The number of pyridine rings is 1. The summed E-state index contributed by atoms with van der Waals surface area (Å²) in [4.78, 5) is 23.6. The molecule has 0 saturated heterocycles. The Morgan fingerprint density at radius 3 is 2.58 bits per heavy atom. The summed E-state index contributed by atoms with van der Waals surface area (Å²) in [6, 6.07) is 14.3. The summed E-state index contributed by atoms with van der Waals surface area (Å²) in [5.41, 5.74) is 1.05. The van der Waals surface area contributed by atoms with Gasteiger partial charge in [-0.05, 0) is 31.4 Å². The fourth-order valence-corrected chi connectivity index (χ4v) is 2.21. The molecule has 24 heavy (non-hydrogen) atoms. The molecular formula is C18H20N2O4. The summed E-state index contributed by atoms with van der Waals surface area (Å²) in [6.07, 6.45) is 2.83. The molecule has 0 fully saturated rings. The van der Waals surface area contributed by atoms with Gasteiger partial charge in [-0.15, -0.1) is 0 Å². The molecular weight excluding hydrogens is 308 g/mol. The van der Waals surface area contributed by atoms with Crippen molar-refractivity contribution >= 4 is 11.9 Å². The van der Waals surface area contributed by atoms with E-state index in [9.17, 15) is 14.8 Å². The van der Waals surface area contributed by atoms with Gasteiger partial charge in [0, 0.05) is 18.2 Å². The molecule has 1 aromatic heterocycles. The number of aromatic nitrogens is 1. The van der Waals surface area contributed by atoms with Gasteiger partial charge in [-0.3, -0.25) is 4.79 Å². The Hall–Kier alpha value is -2.89. The van der Waals surface area contributed by atoms with E-state index in [1.165, 1.54) is 23.9 Å². The highest BCUT2D eigenvalue weighted by Crippen LogP contribution is 2.04. The molecule has 0 aliphatic heterocycles. The minimum absolute atomic E-state index is 0.0439.